The molecule has 4 rings (SSSR count). The zero-order chi connectivity index (χ0) is 19.0. The first-order valence-corrected chi connectivity index (χ1v) is 9.45. The molecule has 1 aliphatic heterocycles. The Morgan fingerprint density at radius 3 is 3.00 bits per heavy atom. The number of nitriles is 1. The van der Waals surface area contributed by atoms with Crippen molar-refractivity contribution in [3.8, 4) is 6.07 Å². The summed E-state index contributed by atoms with van der Waals surface area (Å²) in [5, 5.41) is 11.2. The van der Waals surface area contributed by atoms with E-state index in [1.807, 2.05) is 29.1 Å². The maximum atomic E-state index is 12.7. The molecule has 1 aromatic carbocycles. The molecule has 2 amide bonds. The Morgan fingerprint density at radius 2 is 2.22 bits per heavy atom. The minimum atomic E-state index is -0.185. The SMILES string of the molecule is CC1CN(c2ccccc2C#N)C(=O)CN1C(=O)Cc1cn2ccsc2n1. The number of carbonyl (C=O) groups excluding carboxylic acids is 2. The number of carbonyl (C=O) groups is 2. The number of para-hydroxylation sites is 1. The molecule has 8 heteroatoms. The van der Waals surface area contributed by atoms with E-state index in [2.05, 4.69) is 11.1 Å². The zero-order valence-electron chi connectivity index (χ0n) is 14.7. The maximum Gasteiger partial charge on any atom is 0.246 e. The van der Waals surface area contributed by atoms with Gasteiger partial charge in [-0.3, -0.25) is 14.0 Å². The Hall–Kier alpha value is -3.18. The Bertz CT molecular complexity index is 1030. The average molecular weight is 379 g/mol. The Kier molecular flexibility index (Phi) is 4.38. The molecular formula is C19H17N5O2S. The number of nitrogens with zero attached hydrogens (tertiary/aromatic N) is 5. The minimum Gasteiger partial charge on any atom is -0.329 e. The van der Waals surface area contributed by atoms with Crippen LogP contribution in [0.1, 0.15) is 18.2 Å². The van der Waals surface area contributed by atoms with Crippen molar-refractivity contribution in [2.45, 2.75) is 19.4 Å². The van der Waals surface area contributed by atoms with Crippen LogP contribution in [-0.4, -0.2) is 45.2 Å². The van der Waals surface area contributed by atoms with E-state index >= 15 is 0 Å². The highest BCUT2D eigenvalue weighted by Crippen LogP contribution is 2.24. The van der Waals surface area contributed by atoms with Crippen molar-refractivity contribution in [1.29, 1.82) is 5.26 Å². The lowest BCUT2D eigenvalue weighted by Gasteiger charge is -2.39. The van der Waals surface area contributed by atoms with E-state index in [1.165, 1.54) is 11.3 Å². The summed E-state index contributed by atoms with van der Waals surface area (Å²) in [6.45, 7) is 2.28. The second-order valence-corrected chi connectivity index (χ2v) is 7.38. The molecule has 1 atom stereocenters. The Labute approximate surface area is 160 Å². The summed E-state index contributed by atoms with van der Waals surface area (Å²) >= 11 is 1.51. The van der Waals surface area contributed by atoms with Crippen molar-refractivity contribution >= 4 is 33.8 Å². The summed E-state index contributed by atoms with van der Waals surface area (Å²) in [7, 11) is 0. The molecular weight excluding hydrogens is 362 g/mol. The number of amides is 2. The van der Waals surface area contributed by atoms with Crippen molar-refractivity contribution in [3.05, 3.63) is 53.3 Å². The molecule has 0 saturated carbocycles. The van der Waals surface area contributed by atoms with Crippen LogP contribution in [0.3, 0.4) is 0 Å². The lowest BCUT2D eigenvalue weighted by atomic mass is 10.1. The monoisotopic (exact) mass is 379 g/mol. The topological polar surface area (TPSA) is 81.7 Å². The molecule has 1 unspecified atom stereocenters. The second-order valence-electron chi connectivity index (χ2n) is 6.51. The highest BCUT2D eigenvalue weighted by molar-refractivity contribution is 7.15. The number of benzene rings is 1. The maximum absolute atomic E-state index is 12.7. The Balaban J connectivity index is 1.50. The van der Waals surface area contributed by atoms with Crippen LogP contribution in [0.5, 0.6) is 0 Å². The van der Waals surface area contributed by atoms with Crippen LogP contribution in [0.4, 0.5) is 5.69 Å². The number of fused-ring (bicyclic) bond motifs is 1. The molecule has 3 aromatic rings. The fourth-order valence-corrected chi connectivity index (χ4v) is 4.06. The van der Waals surface area contributed by atoms with Crippen LogP contribution in [0.15, 0.2) is 42.0 Å². The van der Waals surface area contributed by atoms with E-state index < -0.39 is 0 Å². The van der Waals surface area contributed by atoms with Crippen LogP contribution in [0, 0.1) is 11.3 Å². The van der Waals surface area contributed by atoms with Crippen LogP contribution in [-0.2, 0) is 16.0 Å². The van der Waals surface area contributed by atoms with Crippen molar-refractivity contribution < 1.29 is 9.59 Å². The third-order valence-corrected chi connectivity index (χ3v) is 5.47. The fourth-order valence-electron chi connectivity index (χ4n) is 3.34. The summed E-state index contributed by atoms with van der Waals surface area (Å²) in [5.74, 6) is -0.301. The summed E-state index contributed by atoms with van der Waals surface area (Å²) in [4.78, 5) is 33.9. The number of rotatable bonds is 3. The summed E-state index contributed by atoms with van der Waals surface area (Å²) in [6, 6.07) is 9.00. The van der Waals surface area contributed by atoms with Crippen LogP contribution >= 0.6 is 11.3 Å². The van der Waals surface area contributed by atoms with Gasteiger partial charge in [-0.1, -0.05) is 12.1 Å². The predicted molar refractivity (Wildman–Crippen MR) is 101 cm³/mol. The molecule has 3 heterocycles. The molecule has 0 N–H and O–H groups in total. The first-order chi connectivity index (χ1) is 13.1. The standard InChI is InChI=1S/C19H17N5O2S/c1-13-10-24(16-5-3-2-4-14(16)9-20)18(26)12-23(13)17(25)8-15-11-22-6-7-27-19(22)21-15/h2-7,11,13H,8,10,12H2,1H3. The van der Waals surface area contributed by atoms with Crippen molar-refractivity contribution in [2.75, 3.05) is 18.0 Å². The normalized spacial score (nSPS) is 17.3. The van der Waals surface area contributed by atoms with Gasteiger partial charge in [0.15, 0.2) is 4.96 Å². The number of anilines is 1. The summed E-state index contributed by atoms with van der Waals surface area (Å²) in [6.07, 6.45) is 3.91. The third kappa shape index (κ3) is 3.17. The molecule has 136 valence electrons. The van der Waals surface area contributed by atoms with Gasteiger partial charge in [-0.2, -0.15) is 5.26 Å². The summed E-state index contributed by atoms with van der Waals surface area (Å²) in [5.41, 5.74) is 1.75. The number of aromatic nitrogens is 2. The second kappa shape index (κ2) is 6.85. The molecule has 27 heavy (non-hydrogen) atoms. The van der Waals surface area contributed by atoms with Gasteiger partial charge in [0.05, 0.1) is 23.4 Å². The molecule has 2 aromatic heterocycles. The number of imidazole rings is 1. The number of piperazine rings is 1. The van der Waals surface area contributed by atoms with Gasteiger partial charge in [0.25, 0.3) is 0 Å². The van der Waals surface area contributed by atoms with Gasteiger partial charge in [-0.25, -0.2) is 4.98 Å². The van der Waals surface area contributed by atoms with E-state index in [0.29, 0.717) is 23.5 Å². The van der Waals surface area contributed by atoms with E-state index in [4.69, 9.17) is 0 Å². The predicted octanol–water partition coefficient (Wildman–Crippen LogP) is 2.07. The van der Waals surface area contributed by atoms with Gasteiger partial charge < -0.3 is 9.80 Å². The third-order valence-electron chi connectivity index (χ3n) is 4.70. The first kappa shape index (κ1) is 17.2. The molecule has 1 saturated heterocycles. The van der Waals surface area contributed by atoms with E-state index in [9.17, 15) is 14.9 Å². The lowest BCUT2D eigenvalue weighted by molar-refractivity contribution is -0.138. The van der Waals surface area contributed by atoms with Gasteiger partial charge in [0, 0.05) is 30.4 Å². The van der Waals surface area contributed by atoms with Gasteiger partial charge in [-0.05, 0) is 19.1 Å². The lowest BCUT2D eigenvalue weighted by Crippen LogP contribution is -2.57. The van der Waals surface area contributed by atoms with Gasteiger partial charge in [0.2, 0.25) is 11.8 Å². The Morgan fingerprint density at radius 1 is 1.41 bits per heavy atom. The van der Waals surface area contributed by atoms with Crippen LogP contribution in [0.25, 0.3) is 4.96 Å². The molecule has 1 aliphatic rings. The van der Waals surface area contributed by atoms with E-state index in [0.717, 1.165) is 4.96 Å². The number of thiazole rings is 1. The van der Waals surface area contributed by atoms with Gasteiger partial charge in [-0.15, -0.1) is 11.3 Å². The van der Waals surface area contributed by atoms with Crippen LogP contribution < -0.4 is 4.90 Å². The van der Waals surface area contributed by atoms with E-state index in [1.54, 1.807) is 34.1 Å². The summed E-state index contributed by atoms with van der Waals surface area (Å²) < 4.78 is 1.89. The molecule has 0 radical (unpaired) electrons. The van der Waals surface area contributed by atoms with Crippen molar-refractivity contribution in [2.24, 2.45) is 0 Å². The number of hydrogen-bond acceptors (Lipinski definition) is 5. The molecule has 1 fully saturated rings. The molecule has 7 nitrogen and oxygen atoms in total. The highest BCUT2D eigenvalue weighted by Gasteiger charge is 2.34. The van der Waals surface area contributed by atoms with E-state index in [-0.39, 0.29) is 30.8 Å². The smallest absolute Gasteiger partial charge is 0.246 e. The largest absolute Gasteiger partial charge is 0.329 e. The quantitative estimate of drug-likeness (QED) is 0.698. The van der Waals surface area contributed by atoms with Gasteiger partial charge in [0.1, 0.15) is 12.6 Å². The molecule has 0 spiro atoms. The van der Waals surface area contributed by atoms with Crippen molar-refractivity contribution in [3.63, 3.8) is 0 Å². The highest BCUT2D eigenvalue weighted by atomic mass is 32.1. The van der Waals surface area contributed by atoms with Gasteiger partial charge >= 0.3 is 0 Å². The zero-order valence-corrected chi connectivity index (χ0v) is 15.5. The molecule has 0 bridgehead atoms. The minimum absolute atomic E-state index is 0.00197. The molecule has 0 aliphatic carbocycles. The average Bonchev–Trinajstić information content (AvgIpc) is 3.24. The number of hydrogen-bond donors (Lipinski definition) is 0. The fraction of sp³-hybridized carbons (Fsp3) is 0.263. The van der Waals surface area contributed by atoms with Crippen LogP contribution in [0.2, 0.25) is 0 Å². The first-order valence-electron chi connectivity index (χ1n) is 8.57. The van der Waals surface area contributed by atoms with Crippen molar-refractivity contribution in [1.82, 2.24) is 14.3 Å².